The Balaban J connectivity index is 1.53. The number of fused-ring (bicyclic) bond motifs is 1. The zero-order valence-electron chi connectivity index (χ0n) is 14.5. The smallest absolute Gasteiger partial charge is 0.191 e. The molecular formula is C19H21ClFN3O2. The summed E-state index contributed by atoms with van der Waals surface area (Å²) >= 11 is 5.89. The lowest BCUT2D eigenvalue weighted by Gasteiger charge is -2.21. The first kappa shape index (κ1) is 18.5. The van der Waals surface area contributed by atoms with Gasteiger partial charge in [0.2, 0.25) is 0 Å². The van der Waals surface area contributed by atoms with Crippen LogP contribution >= 0.6 is 11.6 Å². The van der Waals surface area contributed by atoms with Gasteiger partial charge < -0.3 is 20.1 Å². The monoisotopic (exact) mass is 377 g/mol. The summed E-state index contributed by atoms with van der Waals surface area (Å²) in [6.07, 6.45) is 0.613. The molecule has 3 rings (SSSR count). The summed E-state index contributed by atoms with van der Waals surface area (Å²) in [6.45, 7) is 1.80. The van der Waals surface area contributed by atoms with Crippen molar-refractivity contribution in [3.05, 3.63) is 63.9 Å². The van der Waals surface area contributed by atoms with Crippen LogP contribution in [0.3, 0.4) is 0 Å². The number of nitrogens with zero attached hydrogens (tertiary/aromatic N) is 1. The minimum atomic E-state index is -0.280. The molecule has 2 aromatic rings. The van der Waals surface area contributed by atoms with Gasteiger partial charge >= 0.3 is 0 Å². The van der Waals surface area contributed by atoms with Crippen LogP contribution in [-0.2, 0) is 24.3 Å². The van der Waals surface area contributed by atoms with E-state index in [9.17, 15) is 4.39 Å². The van der Waals surface area contributed by atoms with E-state index in [4.69, 9.17) is 21.1 Å². The normalized spacial score (nSPS) is 13.7. The first-order valence-corrected chi connectivity index (χ1v) is 8.74. The summed E-state index contributed by atoms with van der Waals surface area (Å²) in [5.41, 5.74) is 2.67. The third-order valence-electron chi connectivity index (χ3n) is 4.04. The maximum absolute atomic E-state index is 13.8. The average molecular weight is 378 g/mol. The minimum Gasteiger partial charge on any atom is -0.467 e. The second-order valence-electron chi connectivity index (χ2n) is 5.89. The highest BCUT2D eigenvalue weighted by Gasteiger charge is 2.16. The van der Waals surface area contributed by atoms with Gasteiger partial charge in [-0.2, -0.15) is 0 Å². The predicted molar refractivity (Wildman–Crippen MR) is 100 cm³/mol. The highest BCUT2D eigenvalue weighted by atomic mass is 35.5. The van der Waals surface area contributed by atoms with E-state index in [0.717, 1.165) is 22.4 Å². The molecule has 7 heteroatoms. The Morgan fingerprint density at radius 3 is 2.81 bits per heavy atom. The maximum atomic E-state index is 13.8. The predicted octanol–water partition coefficient (Wildman–Crippen LogP) is 3.25. The topological polar surface area (TPSA) is 54.9 Å². The van der Waals surface area contributed by atoms with Gasteiger partial charge in [0, 0.05) is 30.7 Å². The van der Waals surface area contributed by atoms with Gasteiger partial charge in [0.05, 0.1) is 6.61 Å². The molecule has 2 N–H and O–H groups in total. The van der Waals surface area contributed by atoms with Crippen molar-refractivity contribution in [2.24, 2.45) is 4.99 Å². The van der Waals surface area contributed by atoms with Gasteiger partial charge in [-0.25, -0.2) is 4.39 Å². The van der Waals surface area contributed by atoms with Gasteiger partial charge in [-0.15, -0.1) is 0 Å². The summed E-state index contributed by atoms with van der Waals surface area (Å²) in [5, 5.41) is 7.18. The fourth-order valence-corrected chi connectivity index (χ4v) is 2.89. The zero-order valence-corrected chi connectivity index (χ0v) is 15.3. The molecule has 0 atom stereocenters. The van der Waals surface area contributed by atoms with Crippen LogP contribution in [0.2, 0.25) is 5.02 Å². The number of rotatable bonds is 5. The molecule has 138 valence electrons. The largest absolute Gasteiger partial charge is 0.467 e. The molecule has 2 aromatic carbocycles. The fraction of sp³-hybridized carbons (Fsp3) is 0.316. The molecule has 0 saturated heterocycles. The third kappa shape index (κ3) is 4.86. The van der Waals surface area contributed by atoms with E-state index < -0.39 is 0 Å². The first-order valence-electron chi connectivity index (χ1n) is 8.36. The van der Waals surface area contributed by atoms with Gasteiger partial charge in [-0.05, 0) is 41.8 Å². The molecule has 0 aliphatic carbocycles. The SMILES string of the molecule is CN=C(NCCc1cc(F)cc2c1OCOC2)NCc1ccc(Cl)cc1. The maximum Gasteiger partial charge on any atom is 0.191 e. The van der Waals surface area contributed by atoms with Gasteiger partial charge in [0.25, 0.3) is 0 Å². The lowest BCUT2D eigenvalue weighted by molar-refractivity contribution is -0.0172. The van der Waals surface area contributed by atoms with E-state index in [2.05, 4.69) is 15.6 Å². The number of ether oxygens (including phenoxy) is 2. The lowest BCUT2D eigenvalue weighted by Crippen LogP contribution is -2.37. The molecule has 0 radical (unpaired) electrons. The Morgan fingerprint density at radius 1 is 1.23 bits per heavy atom. The number of aliphatic imine (C=N–C) groups is 1. The first-order chi connectivity index (χ1) is 12.7. The van der Waals surface area contributed by atoms with Crippen molar-refractivity contribution in [2.45, 2.75) is 19.6 Å². The van der Waals surface area contributed by atoms with E-state index in [-0.39, 0.29) is 12.6 Å². The van der Waals surface area contributed by atoms with Gasteiger partial charge in [0.1, 0.15) is 11.6 Å². The number of guanidine groups is 1. The van der Waals surface area contributed by atoms with Crippen molar-refractivity contribution < 1.29 is 13.9 Å². The molecule has 1 aliphatic rings. The summed E-state index contributed by atoms with van der Waals surface area (Å²) in [5.74, 6) is 1.12. The van der Waals surface area contributed by atoms with Crippen molar-refractivity contribution >= 4 is 17.6 Å². The molecule has 1 heterocycles. The van der Waals surface area contributed by atoms with Crippen molar-refractivity contribution in [1.29, 1.82) is 0 Å². The Morgan fingerprint density at radius 2 is 2.04 bits per heavy atom. The quantitative estimate of drug-likeness (QED) is 0.620. The third-order valence-corrected chi connectivity index (χ3v) is 4.29. The molecule has 5 nitrogen and oxygen atoms in total. The van der Waals surface area contributed by atoms with E-state index in [0.29, 0.717) is 37.1 Å². The van der Waals surface area contributed by atoms with Gasteiger partial charge in [0.15, 0.2) is 12.8 Å². The zero-order chi connectivity index (χ0) is 18.4. The van der Waals surface area contributed by atoms with E-state index in [1.54, 1.807) is 7.05 Å². The van der Waals surface area contributed by atoms with Crippen molar-refractivity contribution in [1.82, 2.24) is 10.6 Å². The molecule has 0 aromatic heterocycles. The molecule has 0 fully saturated rings. The van der Waals surface area contributed by atoms with Gasteiger partial charge in [-0.3, -0.25) is 4.99 Å². The van der Waals surface area contributed by atoms with E-state index in [1.165, 1.54) is 12.1 Å². The van der Waals surface area contributed by atoms with Crippen LogP contribution in [0, 0.1) is 5.82 Å². The summed E-state index contributed by atoms with van der Waals surface area (Å²) in [7, 11) is 1.71. The average Bonchev–Trinajstić information content (AvgIpc) is 2.65. The van der Waals surface area contributed by atoms with Crippen LogP contribution in [0.15, 0.2) is 41.4 Å². The van der Waals surface area contributed by atoms with Crippen LogP contribution in [0.5, 0.6) is 5.75 Å². The number of hydrogen-bond donors (Lipinski definition) is 2. The Kier molecular flexibility index (Phi) is 6.30. The molecule has 0 spiro atoms. The molecule has 0 bridgehead atoms. The molecule has 0 unspecified atom stereocenters. The van der Waals surface area contributed by atoms with Crippen LogP contribution in [0.25, 0.3) is 0 Å². The molecule has 26 heavy (non-hydrogen) atoms. The molecule has 1 aliphatic heterocycles. The molecule has 0 amide bonds. The Hall–Kier alpha value is -2.31. The number of benzene rings is 2. The number of halogens is 2. The summed E-state index contributed by atoms with van der Waals surface area (Å²) in [4.78, 5) is 4.20. The van der Waals surface area contributed by atoms with Crippen molar-refractivity contribution in [2.75, 3.05) is 20.4 Å². The highest BCUT2D eigenvalue weighted by molar-refractivity contribution is 6.30. The number of hydrogen-bond acceptors (Lipinski definition) is 3. The van der Waals surface area contributed by atoms with Crippen LogP contribution in [0.1, 0.15) is 16.7 Å². The van der Waals surface area contributed by atoms with Crippen LogP contribution < -0.4 is 15.4 Å². The van der Waals surface area contributed by atoms with Crippen molar-refractivity contribution in [3.63, 3.8) is 0 Å². The molecular weight excluding hydrogens is 357 g/mol. The Bertz CT molecular complexity index is 781. The van der Waals surface area contributed by atoms with E-state index >= 15 is 0 Å². The van der Waals surface area contributed by atoms with Crippen LogP contribution in [0.4, 0.5) is 4.39 Å². The second kappa shape index (κ2) is 8.87. The standard InChI is InChI=1S/C19H21ClFN3O2/c1-22-19(24-10-13-2-4-16(20)5-3-13)23-7-6-14-8-17(21)9-15-11-25-12-26-18(14)15/h2-5,8-9H,6-7,10-12H2,1H3,(H2,22,23,24). The highest BCUT2D eigenvalue weighted by Crippen LogP contribution is 2.29. The second-order valence-corrected chi connectivity index (χ2v) is 6.33. The van der Waals surface area contributed by atoms with Crippen molar-refractivity contribution in [3.8, 4) is 5.75 Å². The fourth-order valence-electron chi connectivity index (χ4n) is 2.77. The number of nitrogens with one attached hydrogen (secondary N) is 2. The minimum absolute atomic E-state index is 0.198. The Labute approximate surface area is 157 Å². The van der Waals surface area contributed by atoms with E-state index in [1.807, 2.05) is 24.3 Å². The lowest BCUT2D eigenvalue weighted by atomic mass is 10.1. The van der Waals surface area contributed by atoms with Gasteiger partial charge in [-0.1, -0.05) is 23.7 Å². The molecule has 0 saturated carbocycles. The van der Waals surface area contributed by atoms with Crippen LogP contribution in [-0.4, -0.2) is 26.3 Å². The summed E-state index contributed by atoms with van der Waals surface area (Å²) < 4.78 is 24.5. The summed E-state index contributed by atoms with van der Waals surface area (Å²) in [6, 6.07) is 10.6.